The Morgan fingerprint density at radius 2 is 1.97 bits per heavy atom. The first-order chi connectivity index (χ1) is 15.1. The van der Waals surface area contributed by atoms with Crippen LogP contribution in [-0.2, 0) is 10.5 Å². The highest BCUT2D eigenvalue weighted by Gasteiger charge is 2.17. The Kier molecular flexibility index (Phi) is 6.28. The van der Waals surface area contributed by atoms with Gasteiger partial charge in [-0.3, -0.25) is 14.3 Å². The largest absolute Gasteiger partial charge is 0.484 e. The number of para-hydroxylation sites is 1. The third-order valence-corrected chi connectivity index (χ3v) is 5.56. The molecule has 0 spiro atoms. The number of rotatable bonds is 8. The Morgan fingerprint density at radius 3 is 2.74 bits per heavy atom. The van der Waals surface area contributed by atoms with Gasteiger partial charge in [0.25, 0.3) is 5.91 Å². The molecule has 0 aliphatic heterocycles. The van der Waals surface area contributed by atoms with Crippen LogP contribution in [0.5, 0.6) is 5.75 Å². The van der Waals surface area contributed by atoms with Crippen LogP contribution in [0.1, 0.15) is 11.1 Å². The number of nitrogens with two attached hydrogens (primary N) is 1. The number of pyridine rings is 1. The summed E-state index contributed by atoms with van der Waals surface area (Å²) in [6.45, 7) is 1.92. The molecule has 7 nitrogen and oxygen atoms in total. The van der Waals surface area contributed by atoms with Crippen molar-refractivity contribution in [1.82, 2.24) is 19.7 Å². The van der Waals surface area contributed by atoms with E-state index in [0.29, 0.717) is 11.5 Å². The summed E-state index contributed by atoms with van der Waals surface area (Å²) in [7, 11) is 0. The maximum absolute atomic E-state index is 11.0. The highest BCUT2D eigenvalue weighted by atomic mass is 32.2. The summed E-state index contributed by atoms with van der Waals surface area (Å²) in [6.07, 6.45) is 3.52. The molecule has 0 bridgehead atoms. The van der Waals surface area contributed by atoms with Crippen LogP contribution >= 0.6 is 11.8 Å². The van der Waals surface area contributed by atoms with Crippen molar-refractivity contribution in [2.45, 2.75) is 17.8 Å². The molecule has 0 aliphatic carbocycles. The third-order valence-electron chi connectivity index (χ3n) is 4.56. The molecule has 4 rings (SSSR count). The van der Waals surface area contributed by atoms with Gasteiger partial charge in [-0.15, -0.1) is 10.2 Å². The minimum absolute atomic E-state index is 0.146. The van der Waals surface area contributed by atoms with Crippen LogP contribution in [0, 0.1) is 6.92 Å². The molecule has 2 aromatic carbocycles. The Hall–Kier alpha value is -3.65. The van der Waals surface area contributed by atoms with Crippen molar-refractivity contribution in [2.75, 3.05) is 6.61 Å². The monoisotopic (exact) mass is 431 g/mol. The Bertz CT molecular complexity index is 1190. The zero-order valence-corrected chi connectivity index (χ0v) is 17.7. The van der Waals surface area contributed by atoms with Crippen LogP contribution in [0.3, 0.4) is 0 Å². The molecule has 4 aromatic rings. The van der Waals surface area contributed by atoms with Crippen LogP contribution in [-0.4, -0.2) is 32.3 Å². The number of carbonyl (C=O) groups excluding carboxylic acids is 1. The van der Waals surface area contributed by atoms with Gasteiger partial charge in [-0.25, -0.2) is 0 Å². The molecule has 0 atom stereocenters. The second-order valence-corrected chi connectivity index (χ2v) is 7.80. The van der Waals surface area contributed by atoms with Gasteiger partial charge in [-0.05, 0) is 48.4 Å². The minimum Gasteiger partial charge on any atom is -0.484 e. The summed E-state index contributed by atoms with van der Waals surface area (Å²) in [5.74, 6) is 1.50. The number of carbonyl (C=O) groups is 1. The molecular formula is C23H21N5O2S. The van der Waals surface area contributed by atoms with E-state index in [1.165, 1.54) is 0 Å². The second-order valence-electron chi connectivity index (χ2n) is 6.86. The van der Waals surface area contributed by atoms with Crippen molar-refractivity contribution < 1.29 is 9.53 Å². The number of thioether (sulfide) groups is 1. The summed E-state index contributed by atoms with van der Waals surface area (Å²) in [5.41, 5.74) is 9.23. The van der Waals surface area contributed by atoms with Gasteiger partial charge in [-0.1, -0.05) is 42.1 Å². The van der Waals surface area contributed by atoms with Crippen molar-refractivity contribution in [3.63, 3.8) is 0 Å². The third kappa shape index (κ3) is 4.92. The van der Waals surface area contributed by atoms with Crippen molar-refractivity contribution in [3.8, 4) is 22.8 Å². The summed E-state index contributed by atoms with van der Waals surface area (Å²) in [4.78, 5) is 15.2. The maximum Gasteiger partial charge on any atom is 0.255 e. The number of hydrogen-bond donors (Lipinski definition) is 1. The Morgan fingerprint density at radius 1 is 1.10 bits per heavy atom. The average molecular weight is 432 g/mol. The van der Waals surface area contributed by atoms with Gasteiger partial charge < -0.3 is 10.5 Å². The molecule has 0 fully saturated rings. The number of aryl methyl sites for hydroxylation is 1. The van der Waals surface area contributed by atoms with E-state index in [9.17, 15) is 4.79 Å². The van der Waals surface area contributed by atoms with Crippen molar-refractivity contribution in [2.24, 2.45) is 5.73 Å². The van der Waals surface area contributed by atoms with E-state index in [0.717, 1.165) is 33.4 Å². The lowest BCUT2D eigenvalue weighted by molar-refractivity contribution is -0.119. The molecule has 0 saturated heterocycles. The summed E-state index contributed by atoms with van der Waals surface area (Å²) in [5, 5.41) is 9.70. The summed E-state index contributed by atoms with van der Waals surface area (Å²) >= 11 is 1.57. The van der Waals surface area contributed by atoms with Gasteiger partial charge in [0.1, 0.15) is 5.75 Å². The lowest BCUT2D eigenvalue weighted by atomic mass is 10.2. The molecule has 2 heterocycles. The number of hydrogen-bond acceptors (Lipinski definition) is 6. The van der Waals surface area contributed by atoms with E-state index < -0.39 is 5.91 Å². The van der Waals surface area contributed by atoms with E-state index in [2.05, 4.69) is 38.8 Å². The molecule has 2 aromatic heterocycles. The van der Waals surface area contributed by atoms with Gasteiger partial charge in [0.15, 0.2) is 17.6 Å². The van der Waals surface area contributed by atoms with Crippen LogP contribution in [0.2, 0.25) is 0 Å². The number of nitrogens with zero attached hydrogens (tertiary/aromatic N) is 4. The van der Waals surface area contributed by atoms with Gasteiger partial charge >= 0.3 is 0 Å². The van der Waals surface area contributed by atoms with Gasteiger partial charge in [0.05, 0.1) is 5.69 Å². The average Bonchev–Trinajstić information content (AvgIpc) is 3.21. The van der Waals surface area contributed by atoms with Crippen molar-refractivity contribution in [3.05, 3.63) is 84.2 Å². The zero-order valence-electron chi connectivity index (χ0n) is 16.9. The molecular weight excluding hydrogens is 410 g/mol. The standard InChI is InChI=1S/C23H21N5O2S/c1-16-6-2-3-10-20(16)28-22(18-8-5-11-25-13-18)26-27-23(28)31-15-17-7-4-9-19(12-17)30-14-21(24)29/h2-13H,14-15H2,1H3,(H2,24,29). The van der Waals surface area contributed by atoms with Gasteiger partial charge in [0, 0.05) is 23.7 Å². The molecule has 2 N–H and O–H groups in total. The maximum atomic E-state index is 11.0. The zero-order chi connectivity index (χ0) is 21.6. The smallest absolute Gasteiger partial charge is 0.255 e. The predicted octanol–water partition coefficient (Wildman–Crippen LogP) is 3.79. The van der Waals surface area contributed by atoms with E-state index >= 15 is 0 Å². The number of benzene rings is 2. The number of aromatic nitrogens is 4. The summed E-state index contributed by atoms with van der Waals surface area (Å²) in [6, 6.07) is 19.6. The molecule has 0 radical (unpaired) electrons. The van der Waals surface area contributed by atoms with Crippen molar-refractivity contribution >= 4 is 17.7 Å². The van der Waals surface area contributed by atoms with Gasteiger partial charge in [0.2, 0.25) is 0 Å². The lowest BCUT2D eigenvalue weighted by Gasteiger charge is -2.13. The van der Waals surface area contributed by atoms with Crippen LogP contribution in [0.25, 0.3) is 17.1 Å². The highest BCUT2D eigenvalue weighted by Crippen LogP contribution is 2.31. The van der Waals surface area contributed by atoms with Crippen LogP contribution in [0.4, 0.5) is 0 Å². The SMILES string of the molecule is Cc1ccccc1-n1c(SCc2cccc(OCC(N)=O)c2)nnc1-c1cccnc1. The first-order valence-electron chi connectivity index (χ1n) is 9.66. The van der Waals surface area contributed by atoms with Crippen molar-refractivity contribution in [1.29, 1.82) is 0 Å². The molecule has 0 unspecified atom stereocenters. The fourth-order valence-corrected chi connectivity index (χ4v) is 3.99. The van der Waals surface area contributed by atoms with E-state index in [-0.39, 0.29) is 6.61 Å². The molecule has 156 valence electrons. The fourth-order valence-electron chi connectivity index (χ4n) is 3.10. The first-order valence-corrected chi connectivity index (χ1v) is 10.6. The summed E-state index contributed by atoms with van der Waals surface area (Å²) < 4.78 is 7.47. The molecule has 31 heavy (non-hydrogen) atoms. The van der Waals surface area contributed by atoms with Crippen LogP contribution in [0.15, 0.2) is 78.2 Å². The second kappa shape index (κ2) is 9.44. The first kappa shape index (κ1) is 20.6. The Labute approximate surface area is 184 Å². The quantitative estimate of drug-likeness (QED) is 0.427. The van der Waals surface area contributed by atoms with Crippen LogP contribution < -0.4 is 10.5 Å². The molecule has 0 saturated carbocycles. The molecule has 1 amide bonds. The topological polar surface area (TPSA) is 95.9 Å². The molecule has 0 aliphatic rings. The van der Waals surface area contributed by atoms with Gasteiger partial charge in [-0.2, -0.15) is 0 Å². The minimum atomic E-state index is -0.506. The number of amides is 1. The van der Waals surface area contributed by atoms with E-state index in [4.69, 9.17) is 10.5 Å². The Balaban J connectivity index is 1.64. The normalized spacial score (nSPS) is 10.7. The predicted molar refractivity (Wildman–Crippen MR) is 120 cm³/mol. The lowest BCUT2D eigenvalue weighted by Crippen LogP contribution is -2.20. The molecule has 8 heteroatoms. The fraction of sp³-hybridized carbons (Fsp3) is 0.130. The van der Waals surface area contributed by atoms with E-state index in [1.54, 1.807) is 30.2 Å². The number of primary amides is 1. The highest BCUT2D eigenvalue weighted by molar-refractivity contribution is 7.98. The van der Waals surface area contributed by atoms with E-state index in [1.807, 2.05) is 42.5 Å². The number of ether oxygens (including phenoxy) is 1.